The molecule has 1 atom stereocenters. The molecule has 0 aliphatic rings. The molecule has 90 valence electrons. The van der Waals surface area contributed by atoms with Crippen molar-refractivity contribution in [2.45, 2.75) is 52.5 Å². The van der Waals surface area contributed by atoms with Gasteiger partial charge in [-0.1, -0.05) is 58.4 Å². The molecule has 0 aliphatic carbocycles. The van der Waals surface area contributed by atoms with Crippen molar-refractivity contribution in [3.8, 4) is 0 Å². The van der Waals surface area contributed by atoms with E-state index in [0.717, 1.165) is 6.54 Å². The Labute approximate surface area is 100 Å². The van der Waals surface area contributed by atoms with Crippen molar-refractivity contribution in [2.24, 2.45) is 0 Å². The summed E-state index contributed by atoms with van der Waals surface area (Å²) >= 11 is 0. The van der Waals surface area contributed by atoms with Crippen LogP contribution in [-0.4, -0.2) is 6.54 Å². The third-order valence-corrected chi connectivity index (χ3v) is 3.03. The van der Waals surface area contributed by atoms with Gasteiger partial charge in [0.2, 0.25) is 0 Å². The summed E-state index contributed by atoms with van der Waals surface area (Å²) in [7, 11) is 0. The Hall–Kier alpha value is -0.820. The first-order chi connectivity index (χ1) is 7.69. The van der Waals surface area contributed by atoms with Crippen molar-refractivity contribution in [2.75, 3.05) is 6.54 Å². The first-order valence-electron chi connectivity index (χ1n) is 6.52. The fourth-order valence-corrected chi connectivity index (χ4v) is 2.03. The molecule has 1 aromatic carbocycles. The molecule has 0 radical (unpaired) electrons. The minimum atomic E-state index is 0.524. The van der Waals surface area contributed by atoms with E-state index in [-0.39, 0.29) is 0 Å². The Morgan fingerprint density at radius 3 is 2.00 bits per heavy atom. The summed E-state index contributed by atoms with van der Waals surface area (Å²) < 4.78 is 0. The van der Waals surface area contributed by atoms with Crippen LogP contribution in [0.15, 0.2) is 24.3 Å². The van der Waals surface area contributed by atoms with Gasteiger partial charge >= 0.3 is 0 Å². The highest BCUT2D eigenvalue weighted by atomic mass is 14.9. The molecule has 1 aromatic rings. The second-order valence-corrected chi connectivity index (χ2v) is 4.72. The predicted molar refractivity (Wildman–Crippen MR) is 71.9 cm³/mol. The summed E-state index contributed by atoms with van der Waals surface area (Å²) in [4.78, 5) is 0. The molecule has 0 saturated heterocycles. The monoisotopic (exact) mass is 219 g/mol. The molecule has 0 aliphatic heterocycles. The van der Waals surface area contributed by atoms with E-state index < -0.39 is 0 Å². The minimum absolute atomic E-state index is 0.524. The van der Waals surface area contributed by atoms with Crippen molar-refractivity contribution in [1.29, 1.82) is 0 Å². The van der Waals surface area contributed by atoms with Gasteiger partial charge in [0, 0.05) is 6.04 Å². The van der Waals surface area contributed by atoms with Gasteiger partial charge in [-0.15, -0.1) is 0 Å². The Morgan fingerprint density at radius 1 is 1.00 bits per heavy atom. The van der Waals surface area contributed by atoms with Gasteiger partial charge in [0.25, 0.3) is 0 Å². The highest BCUT2D eigenvalue weighted by Crippen LogP contribution is 2.21. The molecule has 0 fully saturated rings. The van der Waals surface area contributed by atoms with Gasteiger partial charge in [-0.2, -0.15) is 0 Å². The topological polar surface area (TPSA) is 12.0 Å². The van der Waals surface area contributed by atoms with E-state index in [0.29, 0.717) is 12.0 Å². The van der Waals surface area contributed by atoms with Crippen molar-refractivity contribution in [1.82, 2.24) is 5.32 Å². The van der Waals surface area contributed by atoms with E-state index in [1.54, 1.807) is 0 Å². The molecule has 1 nitrogen and oxygen atoms in total. The summed E-state index contributed by atoms with van der Waals surface area (Å²) in [6.07, 6.45) is 2.44. The van der Waals surface area contributed by atoms with Crippen molar-refractivity contribution >= 4 is 0 Å². The molecule has 1 rings (SSSR count). The van der Waals surface area contributed by atoms with E-state index in [2.05, 4.69) is 57.3 Å². The Bertz CT molecular complexity index is 281. The lowest BCUT2D eigenvalue weighted by molar-refractivity contribution is 0.509. The lowest BCUT2D eigenvalue weighted by Crippen LogP contribution is -2.20. The lowest BCUT2D eigenvalue weighted by atomic mass is 9.97. The van der Waals surface area contributed by atoms with Crippen LogP contribution >= 0.6 is 0 Å². The third-order valence-electron chi connectivity index (χ3n) is 3.03. The first kappa shape index (κ1) is 13.2. The van der Waals surface area contributed by atoms with E-state index in [1.165, 1.54) is 24.0 Å². The summed E-state index contributed by atoms with van der Waals surface area (Å²) in [5.41, 5.74) is 2.85. The molecule has 1 heteroatoms. The summed E-state index contributed by atoms with van der Waals surface area (Å²) in [6, 6.07) is 9.60. The Morgan fingerprint density at radius 2 is 1.56 bits per heavy atom. The third kappa shape index (κ3) is 3.64. The van der Waals surface area contributed by atoms with Gasteiger partial charge in [-0.05, 0) is 30.0 Å². The zero-order valence-corrected chi connectivity index (χ0v) is 11.1. The van der Waals surface area contributed by atoms with Crippen LogP contribution in [-0.2, 0) is 0 Å². The zero-order chi connectivity index (χ0) is 12.0. The SMILES string of the molecule is CCCC(NCC)c1ccc(C(C)C)cc1. The molecule has 1 N–H and O–H groups in total. The maximum Gasteiger partial charge on any atom is 0.0320 e. The van der Waals surface area contributed by atoms with Crippen molar-refractivity contribution < 1.29 is 0 Å². The quantitative estimate of drug-likeness (QED) is 0.753. The van der Waals surface area contributed by atoms with Crippen LogP contribution in [0.25, 0.3) is 0 Å². The molecular formula is C15H25N. The molecule has 0 spiro atoms. The maximum atomic E-state index is 3.55. The van der Waals surface area contributed by atoms with E-state index in [9.17, 15) is 0 Å². The average molecular weight is 219 g/mol. The van der Waals surface area contributed by atoms with E-state index in [1.807, 2.05) is 0 Å². The van der Waals surface area contributed by atoms with Gasteiger partial charge in [0.15, 0.2) is 0 Å². The fraction of sp³-hybridized carbons (Fsp3) is 0.600. The number of hydrogen-bond acceptors (Lipinski definition) is 1. The normalized spacial score (nSPS) is 13.1. The van der Waals surface area contributed by atoms with Crippen LogP contribution in [0.4, 0.5) is 0 Å². The number of nitrogens with one attached hydrogen (secondary N) is 1. The maximum absolute atomic E-state index is 3.55. The highest BCUT2D eigenvalue weighted by molar-refractivity contribution is 5.26. The molecule has 0 aromatic heterocycles. The fourth-order valence-electron chi connectivity index (χ4n) is 2.03. The molecule has 1 unspecified atom stereocenters. The van der Waals surface area contributed by atoms with Gasteiger partial charge in [0.05, 0.1) is 0 Å². The molecule has 0 bridgehead atoms. The number of hydrogen-bond donors (Lipinski definition) is 1. The van der Waals surface area contributed by atoms with E-state index >= 15 is 0 Å². The van der Waals surface area contributed by atoms with Crippen molar-refractivity contribution in [3.05, 3.63) is 35.4 Å². The summed E-state index contributed by atoms with van der Waals surface area (Å²) in [6.45, 7) is 9.93. The van der Waals surface area contributed by atoms with E-state index in [4.69, 9.17) is 0 Å². The average Bonchev–Trinajstić information content (AvgIpc) is 2.29. The second-order valence-electron chi connectivity index (χ2n) is 4.72. The molecular weight excluding hydrogens is 194 g/mol. The predicted octanol–water partition coefficient (Wildman–Crippen LogP) is 4.26. The van der Waals surface area contributed by atoms with Gasteiger partial charge in [-0.3, -0.25) is 0 Å². The second kappa shape index (κ2) is 6.70. The largest absolute Gasteiger partial charge is 0.310 e. The molecule has 16 heavy (non-hydrogen) atoms. The van der Waals surface area contributed by atoms with Crippen LogP contribution in [0.1, 0.15) is 63.6 Å². The Balaban J connectivity index is 2.76. The summed E-state index contributed by atoms with van der Waals surface area (Å²) in [5, 5.41) is 3.55. The smallest absolute Gasteiger partial charge is 0.0320 e. The van der Waals surface area contributed by atoms with Crippen LogP contribution in [0.3, 0.4) is 0 Å². The van der Waals surface area contributed by atoms with Crippen LogP contribution in [0.5, 0.6) is 0 Å². The highest BCUT2D eigenvalue weighted by Gasteiger charge is 2.09. The molecule has 0 heterocycles. The van der Waals surface area contributed by atoms with Gasteiger partial charge in [-0.25, -0.2) is 0 Å². The van der Waals surface area contributed by atoms with Crippen LogP contribution in [0.2, 0.25) is 0 Å². The molecule has 0 amide bonds. The lowest BCUT2D eigenvalue weighted by Gasteiger charge is -2.18. The number of rotatable bonds is 6. The summed E-state index contributed by atoms with van der Waals surface area (Å²) in [5.74, 6) is 0.623. The minimum Gasteiger partial charge on any atom is -0.310 e. The van der Waals surface area contributed by atoms with Gasteiger partial charge < -0.3 is 5.32 Å². The van der Waals surface area contributed by atoms with Crippen LogP contribution in [0, 0.1) is 0 Å². The Kier molecular flexibility index (Phi) is 5.54. The standard InChI is InChI=1S/C15H25N/c1-5-7-15(16-6-2)14-10-8-13(9-11-14)12(3)4/h8-12,15-16H,5-7H2,1-4H3. The van der Waals surface area contributed by atoms with Gasteiger partial charge in [0.1, 0.15) is 0 Å². The first-order valence-corrected chi connectivity index (χ1v) is 6.52. The van der Waals surface area contributed by atoms with Crippen molar-refractivity contribution in [3.63, 3.8) is 0 Å². The zero-order valence-electron chi connectivity index (χ0n) is 11.1. The molecule has 0 saturated carbocycles. The number of benzene rings is 1. The van der Waals surface area contributed by atoms with Crippen LogP contribution < -0.4 is 5.32 Å².